The molecule has 0 spiro atoms. The van der Waals surface area contributed by atoms with E-state index < -0.39 is 0 Å². The molecule has 1 heterocycles. The molecule has 0 aliphatic carbocycles. The summed E-state index contributed by atoms with van der Waals surface area (Å²) in [7, 11) is 2.23. The van der Waals surface area contributed by atoms with E-state index in [-0.39, 0.29) is 6.04 Å². The number of hydrogen-bond acceptors (Lipinski definition) is 3. The minimum Gasteiger partial charge on any atom is -0.324 e. The van der Waals surface area contributed by atoms with Gasteiger partial charge in [-0.05, 0) is 43.8 Å². The van der Waals surface area contributed by atoms with Gasteiger partial charge in [0.2, 0.25) is 0 Å². The van der Waals surface area contributed by atoms with Crippen molar-refractivity contribution in [1.82, 2.24) is 4.90 Å². The lowest BCUT2D eigenvalue weighted by Gasteiger charge is -2.25. The Morgan fingerprint density at radius 3 is 2.94 bits per heavy atom. The zero-order valence-corrected chi connectivity index (χ0v) is 13.2. The van der Waals surface area contributed by atoms with Gasteiger partial charge in [0.1, 0.15) is 0 Å². The highest BCUT2D eigenvalue weighted by molar-refractivity contribution is 9.10. The first-order valence-corrected chi connectivity index (χ1v) is 8.41. The Kier molecular flexibility index (Phi) is 5.55. The van der Waals surface area contributed by atoms with Crippen molar-refractivity contribution in [2.24, 2.45) is 5.73 Å². The second-order valence-corrected chi connectivity index (χ2v) is 6.92. The van der Waals surface area contributed by atoms with Crippen LogP contribution in [0, 0.1) is 0 Å². The fourth-order valence-electron chi connectivity index (χ4n) is 2.33. The molecule has 1 aliphatic heterocycles. The summed E-state index contributed by atoms with van der Waals surface area (Å²) >= 11 is 5.64. The molecular formula is C14H21BrN2S. The lowest BCUT2D eigenvalue weighted by atomic mass is 10.0. The topological polar surface area (TPSA) is 29.3 Å². The Balaban J connectivity index is 1.84. The molecule has 1 aromatic rings. The smallest absolute Gasteiger partial charge is 0.0318 e. The fourth-order valence-corrected chi connectivity index (χ4v) is 4.20. The van der Waals surface area contributed by atoms with Gasteiger partial charge in [-0.1, -0.05) is 34.1 Å². The highest BCUT2D eigenvalue weighted by Crippen LogP contribution is 2.25. The zero-order valence-electron chi connectivity index (χ0n) is 10.8. The second-order valence-electron chi connectivity index (χ2n) is 4.91. The maximum Gasteiger partial charge on any atom is 0.0318 e. The third kappa shape index (κ3) is 3.73. The Morgan fingerprint density at radius 2 is 2.28 bits per heavy atom. The van der Waals surface area contributed by atoms with Gasteiger partial charge in [-0.3, -0.25) is 0 Å². The van der Waals surface area contributed by atoms with Crippen molar-refractivity contribution >= 4 is 27.7 Å². The molecule has 1 aromatic carbocycles. The second kappa shape index (κ2) is 6.94. The van der Waals surface area contributed by atoms with Gasteiger partial charge in [-0.25, -0.2) is 0 Å². The molecule has 1 aliphatic rings. The summed E-state index contributed by atoms with van der Waals surface area (Å²) in [6.45, 7) is 1.08. The summed E-state index contributed by atoms with van der Waals surface area (Å²) in [6, 6.07) is 9.13. The molecule has 2 unspecified atom stereocenters. The van der Waals surface area contributed by atoms with Crippen LogP contribution >= 0.6 is 27.7 Å². The average molecular weight is 329 g/mol. The molecule has 100 valence electrons. The molecule has 0 bridgehead atoms. The van der Waals surface area contributed by atoms with Gasteiger partial charge >= 0.3 is 0 Å². The maximum atomic E-state index is 6.28. The summed E-state index contributed by atoms with van der Waals surface area (Å²) in [5.74, 6) is 2.59. The van der Waals surface area contributed by atoms with E-state index in [1.807, 2.05) is 6.07 Å². The van der Waals surface area contributed by atoms with Crippen LogP contribution in [-0.2, 0) is 0 Å². The van der Waals surface area contributed by atoms with Gasteiger partial charge in [0.25, 0.3) is 0 Å². The standard InChI is InChI=1S/C14H21BrN2S/c1-17(11-7-9-18-10-11)8-6-14(16)12-4-2-3-5-13(12)15/h2-5,11,14H,6-10,16H2,1H3. The third-order valence-electron chi connectivity index (χ3n) is 3.63. The highest BCUT2D eigenvalue weighted by Gasteiger charge is 2.20. The van der Waals surface area contributed by atoms with E-state index in [1.54, 1.807) is 0 Å². The van der Waals surface area contributed by atoms with Crippen molar-refractivity contribution in [1.29, 1.82) is 0 Å². The van der Waals surface area contributed by atoms with Crippen LogP contribution in [0.15, 0.2) is 28.7 Å². The first kappa shape index (κ1) is 14.4. The van der Waals surface area contributed by atoms with Gasteiger partial charge in [0.15, 0.2) is 0 Å². The minimum absolute atomic E-state index is 0.122. The molecular weight excluding hydrogens is 308 g/mol. The SMILES string of the molecule is CN(CCC(N)c1ccccc1Br)C1CCSC1. The molecule has 2 nitrogen and oxygen atoms in total. The molecule has 0 aromatic heterocycles. The Labute approximate surface area is 122 Å². The van der Waals surface area contributed by atoms with E-state index in [1.165, 1.54) is 23.5 Å². The van der Waals surface area contributed by atoms with Crippen LogP contribution in [-0.4, -0.2) is 36.0 Å². The van der Waals surface area contributed by atoms with E-state index in [2.05, 4.69) is 57.8 Å². The van der Waals surface area contributed by atoms with Crippen LogP contribution in [0.2, 0.25) is 0 Å². The van der Waals surface area contributed by atoms with Crippen LogP contribution < -0.4 is 5.73 Å². The van der Waals surface area contributed by atoms with Crippen LogP contribution in [0.4, 0.5) is 0 Å². The van der Waals surface area contributed by atoms with Crippen molar-refractivity contribution in [3.8, 4) is 0 Å². The number of halogens is 1. The number of nitrogens with zero attached hydrogens (tertiary/aromatic N) is 1. The molecule has 4 heteroatoms. The molecule has 0 radical (unpaired) electrons. The van der Waals surface area contributed by atoms with Crippen LogP contribution in [0.1, 0.15) is 24.4 Å². The first-order chi connectivity index (χ1) is 8.68. The number of thioether (sulfide) groups is 1. The average Bonchev–Trinajstić information content (AvgIpc) is 2.90. The monoisotopic (exact) mass is 328 g/mol. The van der Waals surface area contributed by atoms with Gasteiger partial charge in [0, 0.05) is 22.3 Å². The molecule has 1 fully saturated rings. The predicted octanol–water partition coefficient (Wildman–Crippen LogP) is 3.28. The van der Waals surface area contributed by atoms with Gasteiger partial charge < -0.3 is 10.6 Å². The largest absolute Gasteiger partial charge is 0.324 e. The summed E-state index contributed by atoms with van der Waals surface area (Å²) < 4.78 is 1.12. The van der Waals surface area contributed by atoms with Gasteiger partial charge in [-0.2, -0.15) is 11.8 Å². The van der Waals surface area contributed by atoms with Crippen molar-refractivity contribution < 1.29 is 0 Å². The quantitative estimate of drug-likeness (QED) is 0.899. The summed E-state index contributed by atoms with van der Waals surface area (Å²) in [5, 5.41) is 0. The molecule has 2 atom stereocenters. The summed E-state index contributed by atoms with van der Waals surface area (Å²) in [6.07, 6.45) is 2.34. The lowest BCUT2D eigenvalue weighted by molar-refractivity contribution is 0.253. The molecule has 1 saturated heterocycles. The van der Waals surface area contributed by atoms with Crippen molar-refractivity contribution in [2.45, 2.75) is 24.9 Å². The van der Waals surface area contributed by atoms with Gasteiger partial charge in [-0.15, -0.1) is 0 Å². The first-order valence-electron chi connectivity index (χ1n) is 6.46. The number of nitrogens with two attached hydrogens (primary N) is 1. The van der Waals surface area contributed by atoms with Crippen LogP contribution in [0.25, 0.3) is 0 Å². The Morgan fingerprint density at radius 1 is 1.50 bits per heavy atom. The van der Waals surface area contributed by atoms with E-state index in [9.17, 15) is 0 Å². The lowest BCUT2D eigenvalue weighted by Crippen LogP contribution is -2.33. The Hall–Kier alpha value is -0.0300. The van der Waals surface area contributed by atoms with Gasteiger partial charge in [0.05, 0.1) is 0 Å². The highest BCUT2D eigenvalue weighted by atomic mass is 79.9. The van der Waals surface area contributed by atoms with Crippen molar-refractivity contribution in [3.63, 3.8) is 0 Å². The molecule has 2 N–H and O–H groups in total. The molecule has 2 rings (SSSR count). The van der Waals surface area contributed by atoms with E-state index in [4.69, 9.17) is 5.73 Å². The maximum absolute atomic E-state index is 6.28. The summed E-state index contributed by atoms with van der Waals surface area (Å²) in [5.41, 5.74) is 7.50. The number of benzene rings is 1. The predicted molar refractivity (Wildman–Crippen MR) is 84.0 cm³/mol. The zero-order chi connectivity index (χ0) is 13.0. The molecule has 0 saturated carbocycles. The Bertz CT molecular complexity index is 380. The van der Waals surface area contributed by atoms with Crippen LogP contribution in [0.5, 0.6) is 0 Å². The van der Waals surface area contributed by atoms with E-state index in [0.29, 0.717) is 0 Å². The van der Waals surface area contributed by atoms with Crippen molar-refractivity contribution in [3.05, 3.63) is 34.3 Å². The normalized spacial score (nSPS) is 21.4. The number of rotatable bonds is 5. The fraction of sp³-hybridized carbons (Fsp3) is 0.571. The minimum atomic E-state index is 0.122. The molecule has 18 heavy (non-hydrogen) atoms. The van der Waals surface area contributed by atoms with E-state index in [0.717, 1.165) is 23.5 Å². The van der Waals surface area contributed by atoms with E-state index >= 15 is 0 Å². The third-order valence-corrected chi connectivity index (χ3v) is 5.49. The van der Waals surface area contributed by atoms with Crippen molar-refractivity contribution in [2.75, 3.05) is 25.1 Å². The summed E-state index contributed by atoms with van der Waals surface area (Å²) in [4.78, 5) is 2.47. The molecule has 0 amide bonds. The van der Waals surface area contributed by atoms with Crippen LogP contribution in [0.3, 0.4) is 0 Å². The number of hydrogen-bond donors (Lipinski definition) is 1.